The first kappa shape index (κ1) is 17.7. The number of cyclic esters (lactones) is 1. The Labute approximate surface area is 127 Å². The quantitative estimate of drug-likeness (QED) is 0.357. The van der Waals surface area contributed by atoms with Crippen LogP contribution >= 0.6 is 0 Å². The Balaban J connectivity index is 2.09. The number of esters is 4. The largest absolute Gasteiger partial charge is 0.465 e. The molecule has 1 atom stereocenters. The van der Waals surface area contributed by atoms with Crippen LogP contribution < -0.4 is 0 Å². The van der Waals surface area contributed by atoms with Gasteiger partial charge in [0, 0.05) is 12.0 Å². The summed E-state index contributed by atoms with van der Waals surface area (Å²) in [5, 5.41) is 0. The minimum Gasteiger partial charge on any atom is -0.465 e. The molecule has 0 saturated carbocycles. The lowest BCUT2D eigenvalue weighted by atomic mass is 10.3. The molecule has 8 nitrogen and oxygen atoms in total. The predicted octanol–water partition coefficient (Wildman–Crippen LogP) is 0.288. The number of rotatable bonds is 8. The molecule has 0 aromatic rings. The van der Waals surface area contributed by atoms with E-state index in [1.165, 1.54) is 6.92 Å². The molecule has 1 aliphatic rings. The van der Waals surface area contributed by atoms with Crippen molar-refractivity contribution in [3.05, 3.63) is 12.2 Å². The molecule has 0 N–H and O–H groups in total. The Hall–Kier alpha value is -2.38. The lowest BCUT2D eigenvalue weighted by Crippen LogP contribution is -2.23. The van der Waals surface area contributed by atoms with Crippen molar-refractivity contribution >= 4 is 23.9 Å². The van der Waals surface area contributed by atoms with Crippen molar-refractivity contribution in [1.29, 1.82) is 0 Å². The van der Waals surface area contributed by atoms with E-state index in [9.17, 15) is 19.2 Å². The molecule has 22 heavy (non-hydrogen) atoms. The van der Waals surface area contributed by atoms with Crippen LogP contribution in [0.4, 0.5) is 0 Å². The van der Waals surface area contributed by atoms with E-state index < -0.39 is 30.0 Å². The molecule has 0 radical (unpaired) electrons. The lowest BCUT2D eigenvalue weighted by molar-refractivity contribution is -0.162. The molecule has 1 unspecified atom stereocenters. The zero-order valence-electron chi connectivity index (χ0n) is 12.3. The van der Waals surface area contributed by atoms with Gasteiger partial charge in [0.25, 0.3) is 0 Å². The van der Waals surface area contributed by atoms with E-state index in [-0.39, 0.29) is 38.2 Å². The van der Waals surface area contributed by atoms with Crippen molar-refractivity contribution in [2.45, 2.75) is 32.3 Å². The Morgan fingerprint density at radius 2 is 1.82 bits per heavy atom. The van der Waals surface area contributed by atoms with Crippen LogP contribution in [0.5, 0.6) is 0 Å². The highest BCUT2D eigenvalue weighted by molar-refractivity contribution is 5.87. The van der Waals surface area contributed by atoms with Gasteiger partial charge in [-0.3, -0.25) is 9.59 Å². The summed E-state index contributed by atoms with van der Waals surface area (Å²) < 4.78 is 19.0. The van der Waals surface area contributed by atoms with Gasteiger partial charge >= 0.3 is 23.9 Å². The summed E-state index contributed by atoms with van der Waals surface area (Å²) in [7, 11) is 0. The summed E-state index contributed by atoms with van der Waals surface area (Å²) in [4.78, 5) is 44.8. The molecular formula is C14H18O8. The molecule has 0 aromatic carbocycles. The van der Waals surface area contributed by atoms with Gasteiger partial charge in [0.1, 0.15) is 13.2 Å². The maximum atomic E-state index is 11.4. The minimum atomic E-state index is -0.871. The van der Waals surface area contributed by atoms with Gasteiger partial charge in [0.2, 0.25) is 6.10 Å². The lowest BCUT2D eigenvalue weighted by Gasteiger charge is -2.08. The van der Waals surface area contributed by atoms with Crippen LogP contribution in [0.25, 0.3) is 0 Å². The molecule has 0 aromatic heterocycles. The molecule has 1 fully saturated rings. The van der Waals surface area contributed by atoms with E-state index in [1.807, 2.05) is 0 Å². The van der Waals surface area contributed by atoms with E-state index in [1.54, 1.807) is 0 Å². The van der Waals surface area contributed by atoms with E-state index in [2.05, 4.69) is 11.3 Å². The third kappa shape index (κ3) is 6.38. The van der Waals surface area contributed by atoms with Gasteiger partial charge in [-0.1, -0.05) is 6.58 Å². The molecule has 0 bridgehead atoms. The van der Waals surface area contributed by atoms with Crippen LogP contribution in [0.3, 0.4) is 0 Å². The predicted molar refractivity (Wildman–Crippen MR) is 71.4 cm³/mol. The van der Waals surface area contributed by atoms with Crippen LogP contribution in [-0.2, 0) is 38.1 Å². The average molecular weight is 314 g/mol. The second-order valence-electron chi connectivity index (χ2n) is 4.57. The second-order valence-corrected chi connectivity index (χ2v) is 4.57. The first-order valence-corrected chi connectivity index (χ1v) is 6.74. The third-order valence-electron chi connectivity index (χ3n) is 2.62. The molecule has 1 aliphatic heterocycles. The first-order chi connectivity index (χ1) is 10.4. The first-order valence-electron chi connectivity index (χ1n) is 6.74. The highest BCUT2D eigenvalue weighted by Gasteiger charge is 2.29. The molecule has 122 valence electrons. The van der Waals surface area contributed by atoms with Gasteiger partial charge in [-0.15, -0.1) is 0 Å². The molecule has 0 spiro atoms. The normalized spacial score (nSPS) is 16.6. The summed E-state index contributed by atoms with van der Waals surface area (Å²) >= 11 is 0. The number of hydrogen-bond acceptors (Lipinski definition) is 8. The minimum absolute atomic E-state index is 0.122. The van der Waals surface area contributed by atoms with E-state index >= 15 is 0 Å². The second kappa shape index (κ2) is 8.81. The fourth-order valence-corrected chi connectivity index (χ4v) is 1.47. The fraction of sp³-hybridized carbons (Fsp3) is 0.571. The maximum absolute atomic E-state index is 11.4. The number of ether oxygens (including phenoxy) is 4. The van der Waals surface area contributed by atoms with Crippen molar-refractivity contribution in [3.63, 3.8) is 0 Å². The topological polar surface area (TPSA) is 105 Å². The van der Waals surface area contributed by atoms with Crippen molar-refractivity contribution in [2.24, 2.45) is 0 Å². The Bertz CT molecular complexity index is 467. The van der Waals surface area contributed by atoms with Gasteiger partial charge in [-0.25, -0.2) is 9.59 Å². The Morgan fingerprint density at radius 1 is 1.18 bits per heavy atom. The summed E-state index contributed by atoms with van der Waals surface area (Å²) in [5.74, 6) is -2.41. The highest BCUT2D eigenvalue weighted by Crippen LogP contribution is 2.11. The molecule has 1 saturated heterocycles. The van der Waals surface area contributed by atoms with Crippen molar-refractivity contribution in [2.75, 3.05) is 19.8 Å². The van der Waals surface area contributed by atoms with Crippen LogP contribution in [0, 0.1) is 0 Å². The van der Waals surface area contributed by atoms with Gasteiger partial charge in [-0.2, -0.15) is 0 Å². The molecule has 1 heterocycles. The van der Waals surface area contributed by atoms with Crippen molar-refractivity contribution in [3.8, 4) is 0 Å². The smallest absolute Gasteiger partial charge is 0.347 e. The summed E-state index contributed by atoms with van der Waals surface area (Å²) in [6.45, 7) is 4.82. The summed E-state index contributed by atoms with van der Waals surface area (Å²) in [6.07, 6.45) is -0.826. The van der Waals surface area contributed by atoms with Crippen LogP contribution in [0.15, 0.2) is 12.2 Å². The van der Waals surface area contributed by atoms with Crippen LogP contribution in [0.2, 0.25) is 0 Å². The summed E-state index contributed by atoms with van der Waals surface area (Å²) in [5.41, 5.74) is 0.238. The summed E-state index contributed by atoms with van der Waals surface area (Å²) in [6, 6.07) is 0. The number of hydrogen-bond donors (Lipinski definition) is 0. The highest BCUT2D eigenvalue weighted by atomic mass is 16.6. The maximum Gasteiger partial charge on any atom is 0.347 e. The van der Waals surface area contributed by atoms with Crippen molar-refractivity contribution in [1.82, 2.24) is 0 Å². The Morgan fingerprint density at radius 3 is 2.41 bits per heavy atom. The zero-order valence-corrected chi connectivity index (χ0v) is 12.3. The number of carbonyl (C=O) groups is 4. The van der Waals surface area contributed by atoms with Crippen LogP contribution in [0.1, 0.15) is 26.2 Å². The SMILES string of the molecule is C=C(C)C(=O)OCCC(=O)OCCC(=O)OC1CCOC1=O. The molecule has 0 amide bonds. The van der Waals surface area contributed by atoms with E-state index in [0.29, 0.717) is 6.42 Å². The monoisotopic (exact) mass is 314 g/mol. The molecular weight excluding hydrogens is 296 g/mol. The average Bonchev–Trinajstić information content (AvgIpc) is 2.84. The Kier molecular flexibility index (Phi) is 7.07. The van der Waals surface area contributed by atoms with E-state index in [0.717, 1.165) is 0 Å². The van der Waals surface area contributed by atoms with Crippen molar-refractivity contribution < 1.29 is 38.1 Å². The van der Waals surface area contributed by atoms with Crippen LogP contribution in [-0.4, -0.2) is 49.8 Å². The molecule has 1 rings (SSSR count). The van der Waals surface area contributed by atoms with Gasteiger partial charge in [0.15, 0.2) is 0 Å². The standard InChI is InChI=1S/C14H18O8/c1-9(2)13(17)20-8-4-11(15)19-7-5-12(16)22-10-3-6-21-14(10)18/h10H,1,3-8H2,2H3. The molecule has 8 heteroatoms. The third-order valence-corrected chi connectivity index (χ3v) is 2.62. The fourth-order valence-electron chi connectivity index (χ4n) is 1.47. The van der Waals surface area contributed by atoms with Gasteiger partial charge in [0.05, 0.1) is 19.4 Å². The van der Waals surface area contributed by atoms with Gasteiger partial charge in [-0.05, 0) is 6.92 Å². The number of carbonyl (C=O) groups excluding carboxylic acids is 4. The zero-order chi connectivity index (χ0) is 16.5. The molecule has 0 aliphatic carbocycles. The van der Waals surface area contributed by atoms with Gasteiger partial charge < -0.3 is 18.9 Å². The van der Waals surface area contributed by atoms with E-state index in [4.69, 9.17) is 14.2 Å².